The molecule has 1 aromatic heterocycles. The summed E-state index contributed by atoms with van der Waals surface area (Å²) in [5.41, 5.74) is 2.40. The number of hydrogen-bond donors (Lipinski definition) is 0. The first-order valence-electron chi connectivity index (χ1n) is 5.45. The quantitative estimate of drug-likeness (QED) is 0.815. The van der Waals surface area contributed by atoms with E-state index < -0.39 is 0 Å². The van der Waals surface area contributed by atoms with E-state index in [0.717, 1.165) is 22.0 Å². The fourth-order valence-electron chi connectivity index (χ4n) is 1.84. The Morgan fingerprint density at radius 2 is 2.12 bits per heavy atom. The van der Waals surface area contributed by atoms with Crippen LogP contribution in [0.3, 0.4) is 0 Å². The maximum Gasteiger partial charge on any atom is 0.212 e. The summed E-state index contributed by atoms with van der Waals surface area (Å²) in [6.07, 6.45) is 2.49. The van der Waals surface area contributed by atoms with Crippen molar-refractivity contribution in [2.24, 2.45) is 7.05 Å². The SMILES string of the molecule is CCc1ccccc1C(=O)c1c(Br)cnn1C. The van der Waals surface area contributed by atoms with Crippen molar-refractivity contribution in [2.45, 2.75) is 13.3 Å². The molecule has 0 bridgehead atoms. The third kappa shape index (κ3) is 2.17. The van der Waals surface area contributed by atoms with Crippen LogP contribution in [0.15, 0.2) is 34.9 Å². The van der Waals surface area contributed by atoms with Crippen molar-refractivity contribution >= 4 is 21.7 Å². The number of benzene rings is 1. The molecule has 0 spiro atoms. The molecule has 0 amide bonds. The lowest BCUT2D eigenvalue weighted by Crippen LogP contribution is -2.11. The van der Waals surface area contributed by atoms with Crippen molar-refractivity contribution < 1.29 is 4.79 Å². The topological polar surface area (TPSA) is 34.9 Å². The second-order valence-corrected chi connectivity index (χ2v) is 4.66. The zero-order valence-electron chi connectivity index (χ0n) is 9.77. The predicted octanol–water partition coefficient (Wildman–Crippen LogP) is 2.98. The Kier molecular flexibility index (Phi) is 3.43. The Hall–Kier alpha value is -1.42. The van der Waals surface area contributed by atoms with Gasteiger partial charge in [0.25, 0.3) is 0 Å². The second kappa shape index (κ2) is 4.84. The summed E-state index contributed by atoms with van der Waals surface area (Å²) < 4.78 is 2.33. The van der Waals surface area contributed by atoms with Gasteiger partial charge in [-0.05, 0) is 27.9 Å². The van der Waals surface area contributed by atoms with Crippen LogP contribution in [0.25, 0.3) is 0 Å². The molecule has 0 aliphatic rings. The molecule has 0 saturated carbocycles. The van der Waals surface area contributed by atoms with Crippen LogP contribution < -0.4 is 0 Å². The average Bonchev–Trinajstić information content (AvgIpc) is 2.68. The van der Waals surface area contributed by atoms with Crippen LogP contribution in [0.5, 0.6) is 0 Å². The lowest BCUT2D eigenvalue weighted by atomic mass is 10.00. The summed E-state index contributed by atoms with van der Waals surface area (Å²) in [4.78, 5) is 12.4. The van der Waals surface area contributed by atoms with Crippen molar-refractivity contribution in [1.29, 1.82) is 0 Å². The number of carbonyl (C=O) groups is 1. The summed E-state index contributed by atoms with van der Waals surface area (Å²) in [7, 11) is 1.77. The lowest BCUT2D eigenvalue weighted by molar-refractivity contribution is 0.102. The number of aryl methyl sites for hydroxylation is 2. The molecule has 17 heavy (non-hydrogen) atoms. The van der Waals surface area contributed by atoms with Gasteiger partial charge in [-0.25, -0.2) is 0 Å². The molecule has 2 aromatic rings. The maximum atomic E-state index is 12.4. The van der Waals surface area contributed by atoms with Crippen LogP contribution in [0.1, 0.15) is 28.5 Å². The molecule has 1 heterocycles. The van der Waals surface area contributed by atoms with Crippen LogP contribution in [-0.4, -0.2) is 15.6 Å². The van der Waals surface area contributed by atoms with Crippen LogP contribution in [-0.2, 0) is 13.5 Å². The third-order valence-corrected chi connectivity index (χ3v) is 3.33. The molecule has 0 unspecified atom stereocenters. The van der Waals surface area contributed by atoms with E-state index in [1.165, 1.54) is 0 Å². The Labute approximate surface area is 109 Å². The maximum absolute atomic E-state index is 12.4. The molecule has 88 valence electrons. The van der Waals surface area contributed by atoms with Gasteiger partial charge in [-0.15, -0.1) is 0 Å². The van der Waals surface area contributed by atoms with Crippen molar-refractivity contribution in [3.63, 3.8) is 0 Å². The highest BCUT2D eigenvalue weighted by atomic mass is 79.9. The number of ketones is 1. The Bertz CT molecular complexity index is 541. The molecule has 0 aliphatic heterocycles. The van der Waals surface area contributed by atoms with Crippen molar-refractivity contribution in [3.8, 4) is 0 Å². The van der Waals surface area contributed by atoms with Crippen LogP contribution in [0, 0.1) is 0 Å². The van der Waals surface area contributed by atoms with Crippen LogP contribution in [0.4, 0.5) is 0 Å². The normalized spacial score (nSPS) is 10.5. The molecular formula is C13H13BrN2O. The first kappa shape index (κ1) is 12.0. The molecule has 1 aromatic carbocycles. The Morgan fingerprint density at radius 3 is 2.71 bits per heavy atom. The van der Waals surface area contributed by atoms with Crippen LogP contribution in [0.2, 0.25) is 0 Å². The largest absolute Gasteiger partial charge is 0.287 e. The van der Waals surface area contributed by atoms with E-state index in [4.69, 9.17) is 0 Å². The molecule has 0 radical (unpaired) electrons. The summed E-state index contributed by atoms with van der Waals surface area (Å²) in [5.74, 6) is 0.00863. The number of halogens is 1. The Morgan fingerprint density at radius 1 is 1.41 bits per heavy atom. The molecule has 0 atom stereocenters. The van der Waals surface area contributed by atoms with E-state index in [9.17, 15) is 4.79 Å². The Balaban J connectivity index is 2.51. The van der Waals surface area contributed by atoms with E-state index >= 15 is 0 Å². The fourth-order valence-corrected chi connectivity index (χ4v) is 2.37. The minimum Gasteiger partial charge on any atom is -0.287 e. The molecule has 0 saturated heterocycles. The first-order chi connectivity index (χ1) is 8.15. The van der Waals surface area contributed by atoms with Crippen LogP contribution >= 0.6 is 15.9 Å². The number of hydrogen-bond acceptors (Lipinski definition) is 2. The molecular weight excluding hydrogens is 280 g/mol. The zero-order chi connectivity index (χ0) is 12.4. The molecule has 4 heteroatoms. The second-order valence-electron chi connectivity index (χ2n) is 3.80. The third-order valence-electron chi connectivity index (χ3n) is 2.75. The zero-order valence-corrected chi connectivity index (χ0v) is 11.4. The van der Waals surface area contributed by atoms with Gasteiger partial charge < -0.3 is 0 Å². The molecule has 0 fully saturated rings. The van der Waals surface area contributed by atoms with E-state index in [0.29, 0.717) is 5.69 Å². The van der Waals surface area contributed by atoms with Gasteiger partial charge >= 0.3 is 0 Å². The van der Waals surface area contributed by atoms with Gasteiger partial charge in [0.1, 0.15) is 5.69 Å². The van der Waals surface area contributed by atoms with Crippen molar-refractivity contribution in [2.75, 3.05) is 0 Å². The molecule has 0 N–H and O–H groups in total. The summed E-state index contributed by atoms with van der Waals surface area (Å²) in [6.45, 7) is 2.05. The summed E-state index contributed by atoms with van der Waals surface area (Å²) in [6, 6.07) is 7.68. The number of aromatic nitrogens is 2. The van der Waals surface area contributed by atoms with E-state index in [-0.39, 0.29) is 5.78 Å². The minimum atomic E-state index is 0.00863. The summed E-state index contributed by atoms with van der Waals surface area (Å²) >= 11 is 3.36. The van der Waals surface area contributed by atoms with Gasteiger partial charge in [-0.2, -0.15) is 5.10 Å². The standard InChI is InChI=1S/C13H13BrN2O/c1-3-9-6-4-5-7-10(9)13(17)12-11(14)8-15-16(12)2/h4-8H,3H2,1-2H3. The molecule has 0 aliphatic carbocycles. The summed E-state index contributed by atoms with van der Waals surface area (Å²) in [5, 5.41) is 4.07. The van der Waals surface area contributed by atoms with Crippen molar-refractivity contribution in [1.82, 2.24) is 9.78 Å². The average molecular weight is 293 g/mol. The molecule has 2 rings (SSSR count). The minimum absolute atomic E-state index is 0.00863. The van der Waals surface area contributed by atoms with E-state index in [1.807, 2.05) is 31.2 Å². The highest BCUT2D eigenvalue weighted by Crippen LogP contribution is 2.21. The van der Waals surface area contributed by atoms with Gasteiger partial charge in [-0.1, -0.05) is 31.2 Å². The number of nitrogens with zero attached hydrogens (tertiary/aromatic N) is 2. The molecule has 3 nitrogen and oxygen atoms in total. The van der Waals surface area contributed by atoms with Gasteiger partial charge in [-0.3, -0.25) is 9.48 Å². The van der Waals surface area contributed by atoms with Crippen molar-refractivity contribution in [3.05, 3.63) is 51.8 Å². The monoisotopic (exact) mass is 292 g/mol. The number of carbonyl (C=O) groups excluding carboxylic acids is 1. The van der Waals surface area contributed by atoms with Gasteiger partial charge in [0.15, 0.2) is 0 Å². The van der Waals surface area contributed by atoms with Gasteiger partial charge in [0.05, 0.1) is 10.7 Å². The highest BCUT2D eigenvalue weighted by molar-refractivity contribution is 9.10. The number of rotatable bonds is 3. The van der Waals surface area contributed by atoms with Gasteiger partial charge in [0.2, 0.25) is 5.78 Å². The van der Waals surface area contributed by atoms with E-state index in [2.05, 4.69) is 21.0 Å². The first-order valence-corrected chi connectivity index (χ1v) is 6.24. The lowest BCUT2D eigenvalue weighted by Gasteiger charge is -2.07. The highest BCUT2D eigenvalue weighted by Gasteiger charge is 2.18. The smallest absolute Gasteiger partial charge is 0.212 e. The van der Waals surface area contributed by atoms with Gasteiger partial charge in [0, 0.05) is 12.6 Å². The fraction of sp³-hybridized carbons (Fsp3) is 0.231. The van der Waals surface area contributed by atoms with E-state index in [1.54, 1.807) is 17.9 Å². The predicted molar refractivity (Wildman–Crippen MR) is 70.2 cm³/mol.